The van der Waals surface area contributed by atoms with Gasteiger partial charge < -0.3 is 20.9 Å². The van der Waals surface area contributed by atoms with E-state index in [2.05, 4.69) is 0 Å². The summed E-state index contributed by atoms with van der Waals surface area (Å²) in [5.41, 5.74) is 13.4. The minimum atomic E-state index is 0.556. The summed E-state index contributed by atoms with van der Waals surface area (Å²) >= 11 is 0. The van der Waals surface area contributed by atoms with E-state index in [1.807, 2.05) is 6.92 Å². The average Bonchev–Trinajstić information content (AvgIpc) is 2.15. The van der Waals surface area contributed by atoms with Gasteiger partial charge in [-0.25, -0.2) is 0 Å². The average molecular weight is 182 g/mol. The molecule has 0 spiro atoms. The molecule has 0 atom stereocenters. The molecule has 0 aliphatic heterocycles. The Labute approximate surface area is 77.4 Å². The summed E-state index contributed by atoms with van der Waals surface area (Å²) in [7, 11) is 3.11. The molecule has 1 rings (SSSR count). The van der Waals surface area contributed by atoms with E-state index in [0.717, 1.165) is 5.56 Å². The van der Waals surface area contributed by atoms with Gasteiger partial charge in [0.05, 0.1) is 25.6 Å². The first-order chi connectivity index (χ1) is 6.11. The Morgan fingerprint density at radius 3 is 1.69 bits per heavy atom. The summed E-state index contributed by atoms with van der Waals surface area (Å²) in [6.07, 6.45) is 0. The first-order valence-corrected chi connectivity index (χ1v) is 3.88. The molecule has 1 aromatic rings. The van der Waals surface area contributed by atoms with Crippen LogP contribution in [-0.2, 0) is 0 Å². The van der Waals surface area contributed by atoms with Crippen LogP contribution in [0, 0.1) is 6.92 Å². The van der Waals surface area contributed by atoms with Crippen LogP contribution in [0.4, 0.5) is 11.4 Å². The molecule has 0 aromatic heterocycles. The fourth-order valence-electron chi connectivity index (χ4n) is 1.13. The topological polar surface area (TPSA) is 70.5 Å². The molecule has 0 aliphatic carbocycles. The van der Waals surface area contributed by atoms with Crippen LogP contribution in [0.15, 0.2) is 6.07 Å². The third-order valence-corrected chi connectivity index (χ3v) is 2.04. The first kappa shape index (κ1) is 9.51. The smallest absolute Gasteiger partial charge is 0.145 e. The Morgan fingerprint density at radius 2 is 1.38 bits per heavy atom. The van der Waals surface area contributed by atoms with Crippen molar-refractivity contribution in [3.8, 4) is 11.5 Å². The van der Waals surface area contributed by atoms with E-state index in [-0.39, 0.29) is 0 Å². The summed E-state index contributed by atoms with van der Waals surface area (Å²) in [6, 6.07) is 1.68. The number of nitrogen functional groups attached to an aromatic ring is 2. The highest BCUT2D eigenvalue weighted by molar-refractivity contribution is 5.73. The van der Waals surface area contributed by atoms with Crippen molar-refractivity contribution in [1.82, 2.24) is 0 Å². The van der Waals surface area contributed by atoms with E-state index in [1.54, 1.807) is 20.3 Å². The summed E-state index contributed by atoms with van der Waals surface area (Å²) in [5.74, 6) is 1.17. The lowest BCUT2D eigenvalue weighted by Gasteiger charge is -2.13. The number of nitrogens with two attached hydrogens (primary N) is 2. The quantitative estimate of drug-likeness (QED) is 0.674. The molecule has 0 radical (unpaired) electrons. The van der Waals surface area contributed by atoms with Crippen molar-refractivity contribution < 1.29 is 9.47 Å². The zero-order chi connectivity index (χ0) is 10.0. The predicted octanol–water partition coefficient (Wildman–Crippen LogP) is 1.18. The number of anilines is 2. The maximum Gasteiger partial charge on any atom is 0.145 e. The number of hydrogen-bond donors (Lipinski definition) is 2. The zero-order valence-corrected chi connectivity index (χ0v) is 8.05. The van der Waals surface area contributed by atoms with Crippen molar-refractivity contribution in [3.63, 3.8) is 0 Å². The van der Waals surface area contributed by atoms with Crippen LogP contribution in [-0.4, -0.2) is 14.2 Å². The van der Waals surface area contributed by atoms with Crippen LogP contribution in [0.25, 0.3) is 0 Å². The Morgan fingerprint density at radius 1 is 1.00 bits per heavy atom. The highest BCUT2D eigenvalue weighted by Crippen LogP contribution is 2.36. The third kappa shape index (κ3) is 1.47. The molecule has 0 saturated carbocycles. The van der Waals surface area contributed by atoms with E-state index < -0.39 is 0 Å². The van der Waals surface area contributed by atoms with Gasteiger partial charge in [-0.15, -0.1) is 0 Å². The van der Waals surface area contributed by atoms with Crippen LogP contribution in [0.1, 0.15) is 5.56 Å². The lowest BCUT2D eigenvalue weighted by Crippen LogP contribution is -2.02. The number of hydrogen-bond acceptors (Lipinski definition) is 4. The monoisotopic (exact) mass is 182 g/mol. The molecule has 72 valence electrons. The first-order valence-electron chi connectivity index (χ1n) is 3.88. The molecule has 0 heterocycles. The Hall–Kier alpha value is -1.58. The number of benzene rings is 1. The molecule has 0 fully saturated rings. The van der Waals surface area contributed by atoms with E-state index in [0.29, 0.717) is 22.9 Å². The normalized spacial score (nSPS) is 9.77. The molecule has 0 aliphatic rings. The van der Waals surface area contributed by atoms with Gasteiger partial charge in [0.15, 0.2) is 0 Å². The molecule has 4 heteroatoms. The molecule has 0 amide bonds. The van der Waals surface area contributed by atoms with Crippen molar-refractivity contribution in [1.29, 1.82) is 0 Å². The highest BCUT2D eigenvalue weighted by atomic mass is 16.5. The second kappa shape index (κ2) is 3.43. The predicted molar refractivity (Wildman–Crippen MR) is 53.1 cm³/mol. The third-order valence-electron chi connectivity index (χ3n) is 2.04. The van der Waals surface area contributed by atoms with Gasteiger partial charge in [-0.05, 0) is 6.92 Å². The summed E-state index contributed by atoms with van der Waals surface area (Å²) in [6.45, 7) is 1.83. The molecule has 0 saturated heterocycles. The lowest BCUT2D eigenvalue weighted by molar-refractivity contribution is 0.396. The second-order valence-corrected chi connectivity index (χ2v) is 2.73. The Balaban J connectivity index is 3.36. The molecular formula is C9H14N2O2. The van der Waals surface area contributed by atoms with E-state index in [4.69, 9.17) is 20.9 Å². The number of methoxy groups -OCH3 is 2. The molecular weight excluding hydrogens is 168 g/mol. The van der Waals surface area contributed by atoms with Gasteiger partial charge in [0, 0.05) is 11.6 Å². The molecule has 0 unspecified atom stereocenters. The summed E-state index contributed by atoms with van der Waals surface area (Å²) in [4.78, 5) is 0. The van der Waals surface area contributed by atoms with Crippen LogP contribution in [0.5, 0.6) is 11.5 Å². The lowest BCUT2D eigenvalue weighted by atomic mass is 10.1. The Bertz CT molecular complexity index is 296. The van der Waals surface area contributed by atoms with Crippen molar-refractivity contribution in [2.24, 2.45) is 0 Å². The number of ether oxygens (including phenoxy) is 2. The van der Waals surface area contributed by atoms with Gasteiger partial charge in [0.1, 0.15) is 11.5 Å². The van der Waals surface area contributed by atoms with E-state index in [9.17, 15) is 0 Å². The van der Waals surface area contributed by atoms with E-state index in [1.165, 1.54) is 0 Å². The van der Waals surface area contributed by atoms with Crippen LogP contribution in [0.3, 0.4) is 0 Å². The largest absolute Gasteiger partial charge is 0.494 e. The molecule has 1 aromatic carbocycles. The van der Waals surface area contributed by atoms with Gasteiger partial charge in [-0.1, -0.05) is 0 Å². The highest BCUT2D eigenvalue weighted by Gasteiger charge is 2.11. The molecule has 13 heavy (non-hydrogen) atoms. The fraction of sp³-hybridized carbons (Fsp3) is 0.333. The molecule has 0 bridgehead atoms. The van der Waals surface area contributed by atoms with Crippen LogP contribution in [0.2, 0.25) is 0 Å². The van der Waals surface area contributed by atoms with Crippen molar-refractivity contribution in [3.05, 3.63) is 11.6 Å². The molecule has 4 nitrogen and oxygen atoms in total. The van der Waals surface area contributed by atoms with Crippen LogP contribution >= 0.6 is 0 Å². The standard InChI is InChI=1S/C9H14N2O2/c1-5-8(10)6(12-2)4-7(13-3)9(5)11/h4H,10-11H2,1-3H3. The maximum absolute atomic E-state index is 5.76. The summed E-state index contributed by atoms with van der Waals surface area (Å²) in [5, 5.41) is 0. The zero-order valence-electron chi connectivity index (χ0n) is 8.05. The minimum absolute atomic E-state index is 0.556. The van der Waals surface area contributed by atoms with Gasteiger partial charge >= 0.3 is 0 Å². The maximum atomic E-state index is 5.76. The van der Waals surface area contributed by atoms with Crippen molar-refractivity contribution >= 4 is 11.4 Å². The van der Waals surface area contributed by atoms with Gasteiger partial charge in [-0.2, -0.15) is 0 Å². The Kier molecular flexibility index (Phi) is 2.51. The van der Waals surface area contributed by atoms with Crippen molar-refractivity contribution in [2.45, 2.75) is 6.92 Å². The van der Waals surface area contributed by atoms with Crippen molar-refractivity contribution in [2.75, 3.05) is 25.7 Å². The van der Waals surface area contributed by atoms with Gasteiger partial charge in [0.2, 0.25) is 0 Å². The van der Waals surface area contributed by atoms with E-state index >= 15 is 0 Å². The van der Waals surface area contributed by atoms with Gasteiger partial charge in [-0.3, -0.25) is 0 Å². The minimum Gasteiger partial charge on any atom is -0.494 e. The molecule has 4 N–H and O–H groups in total. The second-order valence-electron chi connectivity index (χ2n) is 2.73. The van der Waals surface area contributed by atoms with Crippen LogP contribution < -0.4 is 20.9 Å². The summed E-state index contributed by atoms with van der Waals surface area (Å²) < 4.78 is 10.1. The fourth-order valence-corrected chi connectivity index (χ4v) is 1.13. The van der Waals surface area contributed by atoms with Gasteiger partial charge in [0.25, 0.3) is 0 Å². The SMILES string of the molecule is COc1cc(OC)c(N)c(C)c1N. The number of rotatable bonds is 2.